The molecule has 1 amide bonds. The third-order valence-electron chi connectivity index (χ3n) is 5.79. The molecule has 3 rings (SSSR count). The number of ether oxygens (including phenoxy) is 1. The highest BCUT2D eigenvalue weighted by Crippen LogP contribution is 2.17. The highest BCUT2D eigenvalue weighted by molar-refractivity contribution is 5.95. The molecule has 0 saturated carbocycles. The van der Waals surface area contributed by atoms with Gasteiger partial charge in [0.2, 0.25) is 0 Å². The van der Waals surface area contributed by atoms with Gasteiger partial charge in [0.15, 0.2) is 5.43 Å². The van der Waals surface area contributed by atoms with Crippen LogP contribution in [0.3, 0.4) is 0 Å². The molecule has 0 fully saturated rings. The first kappa shape index (κ1) is 24.4. The van der Waals surface area contributed by atoms with Crippen LogP contribution < -0.4 is 5.43 Å². The maximum absolute atomic E-state index is 13.3. The predicted molar refractivity (Wildman–Crippen MR) is 129 cm³/mol. The van der Waals surface area contributed by atoms with Crippen molar-refractivity contribution in [1.82, 2.24) is 9.47 Å². The lowest BCUT2D eigenvalue weighted by atomic mass is 10.1. The number of pyridine rings is 1. The maximum Gasteiger partial charge on any atom is 0.259 e. The van der Waals surface area contributed by atoms with Crippen LogP contribution in [0.15, 0.2) is 71.5 Å². The second-order valence-corrected chi connectivity index (χ2v) is 8.26. The number of aryl methyl sites for hydroxylation is 2. The fraction of sp³-hybridized carbons (Fsp3) is 0.333. The van der Waals surface area contributed by atoms with E-state index in [4.69, 9.17) is 4.74 Å². The standard InChI is InChI=1S/C27H32N2O4/c1-20-17-24(30)26(27(32)28(2)18-25(31)22-14-8-5-9-15-22)23(19-33-3)29(20)16-10-13-21-11-6-4-7-12-21/h4-9,11-12,14-15,17,25,31H,10,13,16,18-19H2,1-3H3/t25-/m1/s1. The first-order valence-electron chi connectivity index (χ1n) is 11.2. The Labute approximate surface area is 195 Å². The Hall–Kier alpha value is -3.22. The van der Waals surface area contributed by atoms with Gasteiger partial charge in [-0.25, -0.2) is 0 Å². The first-order chi connectivity index (χ1) is 15.9. The van der Waals surface area contributed by atoms with E-state index in [9.17, 15) is 14.7 Å². The number of aliphatic hydroxyl groups is 1. The van der Waals surface area contributed by atoms with Crippen molar-refractivity contribution in [3.8, 4) is 0 Å². The Bertz CT molecular complexity index is 1110. The van der Waals surface area contributed by atoms with E-state index >= 15 is 0 Å². The van der Waals surface area contributed by atoms with Gasteiger partial charge in [-0.15, -0.1) is 0 Å². The summed E-state index contributed by atoms with van der Waals surface area (Å²) in [6.45, 7) is 2.77. The predicted octanol–water partition coefficient (Wildman–Crippen LogP) is 3.74. The van der Waals surface area contributed by atoms with Gasteiger partial charge in [0.25, 0.3) is 5.91 Å². The van der Waals surface area contributed by atoms with Crippen molar-refractivity contribution in [2.45, 2.75) is 39.0 Å². The molecule has 6 nitrogen and oxygen atoms in total. The highest BCUT2D eigenvalue weighted by atomic mass is 16.5. The number of aromatic nitrogens is 1. The molecule has 2 aromatic carbocycles. The quantitative estimate of drug-likeness (QED) is 0.513. The van der Waals surface area contributed by atoms with E-state index in [1.807, 2.05) is 60.0 Å². The molecule has 1 atom stereocenters. The van der Waals surface area contributed by atoms with Crippen LogP contribution >= 0.6 is 0 Å². The van der Waals surface area contributed by atoms with Crippen LogP contribution in [0, 0.1) is 6.92 Å². The fourth-order valence-electron chi connectivity index (χ4n) is 4.06. The Kier molecular flexibility index (Phi) is 8.58. The van der Waals surface area contributed by atoms with Gasteiger partial charge in [0, 0.05) is 32.5 Å². The number of aliphatic hydroxyl groups excluding tert-OH is 1. The van der Waals surface area contributed by atoms with E-state index in [-0.39, 0.29) is 24.1 Å². The lowest BCUT2D eigenvalue weighted by molar-refractivity contribution is 0.0673. The molecule has 0 radical (unpaired) electrons. The van der Waals surface area contributed by atoms with Gasteiger partial charge in [-0.05, 0) is 30.9 Å². The monoisotopic (exact) mass is 448 g/mol. The number of hydrogen-bond donors (Lipinski definition) is 1. The molecule has 0 unspecified atom stereocenters. The third kappa shape index (κ3) is 6.18. The molecule has 0 spiro atoms. The number of hydrogen-bond acceptors (Lipinski definition) is 4. The number of amides is 1. The molecule has 1 heterocycles. The summed E-state index contributed by atoms with van der Waals surface area (Å²) in [7, 11) is 3.16. The highest BCUT2D eigenvalue weighted by Gasteiger charge is 2.24. The molecule has 1 aromatic heterocycles. The molecule has 0 aliphatic carbocycles. The Morgan fingerprint density at radius 3 is 2.36 bits per heavy atom. The van der Waals surface area contributed by atoms with Gasteiger partial charge in [-0.2, -0.15) is 0 Å². The number of carbonyl (C=O) groups is 1. The van der Waals surface area contributed by atoms with E-state index in [0.29, 0.717) is 12.2 Å². The largest absolute Gasteiger partial charge is 0.387 e. The maximum atomic E-state index is 13.3. The minimum atomic E-state index is -0.843. The number of benzene rings is 2. The summed E-state index contributed by atoms with van der Waals surface area (Å²) in [5, 5.41) is 10.5. The minimum Gasteiger partial charge on any atom is -0.387 e. The molecule has 6 heteroatoms. The van der Waals surface area contributed by atoms with Crippen LogP contribution in [0.1, 0.15) is 45.4 Å². The lowest BCUT2D eigenvalue weighted by Gasteiger charge is -2.24. The Balaban J connectivity index is 1.84. The van der Waals surface area contributed by atoms with Gasteiger partial charge in [-0.3, -0.25) is 9.59 Å². The van der Waals surface area contributed by atoms with E-state index in [2.05, 4.69) is 12.1 Å². The summed E-state index contributed by atoms with van der Waals surface area (Å²) < 4.78 is 7.39. The van der Waals surface area contributed by atoms with Crippen LogP contribution in [0.2, 0.25) is 0 Å². The second kappa shape index (κ2) is 11.6. The van der Waals surface area contributed by atoms with Crippen LogP contribution in [0.5, 0.6) is 0 Å². The molecule has 3 aromatic rings. The third-order valence-corrected chi connectivity index (χ3v) is 5.79. The normalized spacial score (nSPS) is 11.9. The zero-order chi connectivity index (χ0) is 23.8. The molecule has 1 N–H and O–H groups in total. The van der Waals surface area contributed by atoms with Crippen molar-refractivity contribution in [3.63, 3.8) is 0 Å². The fourth-order valence-corrected chi connectivity index (χ4v) is 4.06. The second-order valence-electron chi connectivity index (χ2n) is 8.26. The summed E-state index contributed by atoms with van der Waals surface area (Å²) in [6, 6.07) is 20.9. The summed E-state index contributed by atoms with van der Waals surface area (Å²) in [5.74, 6) is -0.418. The van der Waals surface area contributed by atoms with Crippen molar-refractivity contribution < 1.29 is 14.6 Å². The molecule has 33 heavy (non-hydrogen) atoms. The van der Waals surface area contributed by atoms with Crippen molar-refractivity contribution in [3.05, 3.63) is 105 Å². The van der Waals surface area contributed by atoms with Gasteiger partial charge in [0.05, 0.1) is 24.9 Å². The molecule has 0 bridgehead atoms. The van der Waals surface area contributed by atoms with Crippen LogP contribution in [0.25, 0.3) is 0 Å². The topological polar surface area (TPSA) is 71.8 Å². The number of nitrogens with zero attached hydrogens (tertiary/aromatic N) is 2. The zero-order valence-electron chi connectivity index (χ0n) is 19.5. The number of rotatable bonds is 10. The minimum absolute atomic E-state index is 0.0800. The smallest absolute Gasteiger partial charge is 0.259 e. The molecule has 174 valence electrons. The van der Waals surface area contributed by atoms with Crippen LogP contribution in [0.4, 0.5) is 0 Å². The summed E-state index contributed by atoms with van der Waals surface area (Å²) in [5.41, 5.74) is 3.10. The van der Waals surface area contributed by atoms with E-state index < -0.39 is 12.0 Å². The Morgan fingerprint density at radius 1 is 1.09 bits per heavy atom. The summed E-state index contributed by atoms with van der Waals surface area (Å²) >= 11 is 0. The average Bonchev–Trinajstić information content (AvgIpc) is 2.82. The zero-order valence-corrected chi connectivity index (χ0v) is 19.5. The SMILES string of the molecule is COCc1c(C(=O)N(C)C[C@@H](O)c2ccccc2)c(=O)cc(C)n1CCCc1ccccc1. The van der Waals surface area contributed by atoms with Crippen molar-refractivity contribution >= 4 is 5.91 Å². The number of methoxy groups -OCH3 is 1. The van der Waals surface area contributed by atoms with Gasteiger partial charge in [0.1, 0.15) is 5.56 Å². The number of carbonyl (C=O) groups excluding carboxylic acids is 1. The van der Waals surface area contributed by atoms with Crippen LogP contribution in [-0.4, -0.2) is 41.2 Å². The molecule has 0 aliphatic rings. The van der Waals surface area contributed by atoms with E-state index in [1.165, 1.54) is 16.5 Å². The molecular weight excluding hydrogens is 416 g/mol. The molecule has 0 saturated heterocycles. The molecule has 0 aliphatic heterocycles. The van der Waals surface area contributed by atoms with E-state index in [1.54, 1.807) is 14.2 Å². The summed E-state index contributed by atoms with van der Waals surface area (Å²) in [4.78, 5) is 27.6. The van der Waals surface area contributed by atoms with Gasteiger partial charge < -0.3 is 19.3 Å². The Morgan fingerprint density at radius 2 is 1.73 bits per heavy atom. The van der Waals surface area contributed by atoms with Crippen molar-refractivity contribution in [1.29, 1.82) is 0 Å². The van der Waals surface area contributed by atoms with Crippen LogP contribution in [-0.2, 0) is 24.3 Å². The van der Waals surface area contributed by atoms with Gasteiger partial charge >= 0.3 is 0 Å². The lowest BCUT2D eigenvalue weighted by Crippen LogP contribution is -2.36. The van der Waals surface area contributed by atoms with Crippen molar-refractivity contribution in [2.75, 3.05) is 20.7 Å². The number of likely N-dealkylation sites (N-methyl/N-ethyl adjacent to an activating group) is 1. The summed E-state index contributed by atoms with van der Waals surface area (Å²) in [6.07, 6.45) is 0.913. The molecular formula is C27H32N2O4. The van der Waals surface area contributed by atoms with E-state index in [0.717, 1.165) is 24.1 Å². The first-order valence-corrected chi connectivity index (χ1v) is 11.2. The average molecular weight is 449 g/mol. The van der Waals surface area contributed by atoms with Crippen molar-refractivity contribution in [2.24, 2.45) is 0 Å². The van der Waals surface area contributed by atoms with Gasteiger partial charge in [-0.1, -0.05) is 60.7 Å².